The van der Waals surface area contributed by atoms with Crippen LogP contribution in [0.25, 0.3) is 0 Å². The van der Waals surface area contributed by atoms with E-state index in [0.29, 0.717) is 24.2 Å². The summed E-state index contributed by atoms with van der Waals surface area (Å²) in [6.45, 7) is 5.56. The van der Waals surface area contributed by atoms with Crippen molar-refractivity contribution in [2.24, 2.45) is 34.5 Å². The fraction of sp³-hybridized carbons (Fsp3) is 0.783. The van der Waals surface area contributed by atoms with Gasteiger partial charge in [0.1, 0.15) is 12.7 Å². The van der Waals surface area contributed by atoms with Gasteiger partial charge >= 0.3 is 5.97 Å². The summed E-state index contributed by atoms with van der Waals surface area (Å²) >= 11 is 0. The first kappa shape index (κ1) is 19.8. The summed E-state index contributed by atoms with van der Waals surface area (Å²) in [5.41, 5.74) is 0.825. The Hall–Kier alpha value is -1.49. The number of rotatable bonds is 3. The Morgan fingerprint density at radius 1 is 1.18 bits per heavy atom. The normalized spacial score (nSPS) is 44.8. The third-order valence-electron chi connectivity index (χ3n) is 8.81. The summed E-state index contributed by atoms with van der Waals surface area (Å²) in [5, 5.41) is 9.45. The number of Topliss-reactive ketones (excluding diaryl/α,β-unsaturated/α-hetero) is 1. The number of esters is 1. The number of hydrogen-bond acceptors (Lipinski definition) is 5. The van der Waals surface area contributed by atoms with Crippen molar-refractivity contribution >= 4 is 17.5 Å². The highest BCUT2D eigenvalue weighted by molar-refractivity contribution is 5.92. The first-order valence-electron chi connectivity index (χ1n) is 10.8. The molecule has 0 aromatic rings. The Balaban J connectivity index is 1.71. The van der Waals surface area contributed by atoms with Crippen LogP contribution in [0.5, 0.6) is 0 Å². The second-order valence-corrected chi connectivity index (χ2v) is 9.99. The van der Waals surface area contributed by atoms with E-state index < -0.39 is 0 Å². The summed E-state index contributed by atoms with van der Waals surface area (Å²) in [5.74, 6) is 0.996. The molecule has 28 heavy (non-hydrogen) atoms. The number of aliphatic hydroxyl groups excluding tert-OH is 1. The molecule has 0 radical (unpaired) electrons. The van der Waals surface area contributed by atoms with Gasteiger partial charge in [-0.2, -0.15) is 0 Å². The molecular formula is C23H32O5. The van der Waals surface area contributed by atoms with Crippen molar-refractivity contribution in [1.82, 2.24) is 0 Å². The van der Waals surface area contributed by atoms with Crippen LogP contribution < -0.4 is 0 Å². The van der Waals surface area contributed by atoms with Gasteiger partial charge in [0.2, 0.25) is 0 Å². The highest BCUT2D eigenvalue weighted by Crippen LogP contribution is 2.66. The molecule has 5 heteroatoms. The maximum Gasteiger partial charge on any atom is 0.303 e. The SMILES string of the molecule is CC(=O)O[C@@H]1C[C@@H]2[C@H]3CC[C@@H](C(=O)CO)[C@]3(C)CC[C@H]2[C@@]2(C)CCC(=O)C=C12. The Bertz CT molecular complexity index is 739. The number of fused-ring (bicyclic) bond motifs is 5. The van der Waals surface area contributed by atoms with Crippen LogP contribution in [0.1, 0.15) is 65.7 Å². The molecule has 7 atom stereocenters. The summed E-state index contributed by atoms with van der Waals surface area (Å²) < 4.78 is 5.73. The number of aliphatic hydroxyl groups is 1. The number of carbonyl (C=O) groups is 3. The summed E-state index contributed by atoms with van der Waals surface area (Å²) in [4.78, 5) is 36.4. The van der Waals surface area contributed by atoms with E-state index in [9.17, 15) is 19.5 Å². The number of carbonyl (C=O) groups excluding carboxylic acids is 3. The predicted molar refractivity (Wildman–Crippen MR) is 103 cm³/mol. The molecule has 0 unspecified atom stereocenters. The first-order chi connectivity index (χ1) is 13.2. The Labute approximate surface area is 166 Å². The molecule has 0 spiro atoms. The summed E-state index contributed by atoms with van der Waals surface area (Å²) in [6, 6.07) is 0. The van der Waals surface area contributed by atoms with Crippen molar-refractivity contribution in [1.29, 1.82) is 0 Å². The lowest BCUT2D eigenvalue weighted by atomic mass is 9.46. The van der Waals surface area contributed by atoms with E-state index in [1.165, 1.54) is 6.92 Å². The van der Waals surface area contributed by atoms with E-state index >= 15 is 0 Å². The van der Waals surface area contributed by atoms with Crippen LogP contribution in [0.3, 0.4) is 0 Å². The van der Waals surface area contributed by atoms with Crippen molar-refractivity contribution in [3.63, 3.8) is 0 Å². The number of ketones is 2. The number of hydrogen-bond donors (Lipinski definition) is 1. The van der Waals surface area contributed by atoms with Gasteiger partial charge in [-0.3, -0.25) is 14.4 Å². The minimum absolute atomic E-state index is 0.0224. The molecule has 0 saturated heterocycles. The molecule has 4 aliphatic carbocycles. The van der Waals surface area contributed by atoms with Crippen LogP contribution in [-0.2, 0) is 19.1 Å². The standard InChI is InChI=1S/C23H32O5/c1-13(25)28-21-11-15-16-4-5-18(20(27)12-24)22(16,2)9-7-17(15)23(3)8-6-14(26)10-19(21)23/h10,15-18,21,24H,4-9,11-12H2,1-3H3/t15-,16-,17-,18+,21-,22-,23-/m1/s1. The highest BCUT2D eigenvalue weighted by atomic mass is 16.5. The Morgan fingerprint density at radius 2 is 1.93 bits per heavy atom. The van der Waals surface area contributed by atoms with E-state index in [1.807, 2.05) is 0 Å². The first-order valence-corrected chi connectivity index (χ1v) is 10.8. The monoisotopic (exact) mass is 388 g/mol. The number of ether oxygens (including phenoxy) is 1. The molecule has 4 rings (SSSR count). The minimum atomic E-state index is -0.371. The van der Waals surface area contributed by atoms with Gasteiger partial charge in [0.15, 0.2) is 11.6 Å². The molecule has 154 valence electrons. The maximum atomic E-state index is 12.4. The molecule has 5 nitrogen and oxygen atoms in total. The smallest absolute Gasteiger partial charge is 0.303 e. The highest BCUT2D eigenvalue weighted by Gasteiger charge is 2.61. The molecule has 1 N–H and O–H groups in total. The fourth-order valence-corrected chi connectivity index (χ4v) is 7.53. The van der Waals surface area contributed by atoms with Crippen LogP contribution >= 0.6 is 0 Å². The lowest BCUT2D eigenvalue weighted by Crippen LogP contribution is -2.55. The lowest BCUT2D eigenvalue weighted by Gasteiger charge is -2.59. The largest absolute Gasteiger partial charge is 0.458 e. The second kappa shape index (κ2) is 6.79. The van der Waals surface area contributed by atoms with E-state index in [1.54, 1.807) is 6.08 Å². The molecule has 4 aliphatic rings. The van der Waals surface area contributed by atoms with E-state index in [2.05, 4.69) is 13.8 Å². The van der Waals surface area contributed by atoms with Crippen LogP contribution in [-0.4, -0.2) is 35.4 Å². The summed E-state index contributed by atoms with van der Waals surface area (Å²) in [7, 11) is 0. The molecule has 3 fully saturated rings. The van der Waals surface area contributed by atoms with Gasteiger partial charge in [-0.1, -0.05) is 13.8 Å². The summed E-state index contributed by atoms with van der Waals surface area (Å²) in [6.07, 6.45) is 7.42. The van der Waals surface area contributed by atoms with Crippen molar-refractivity contribution in [3.8, 4) is 0 Å². The molecule has 0 aromatic carbocycles. The van der Waals surface area contributed by atoms with Gasteiger partial charge in [0.25, 0.3) is 0 Å². The van der Waals surface area contributed by atoms with Crippen molar-refractivity contribution < 1.29 is 24.2 Å². The molecule has 0 heterocycles. The third-order valence-corrected chi connectivity index (χ3v) is 8.81. The van der Waals surface area contributed by atoms with Crippen LogP contribution in [0.2, 0.25) is 0 Å². The van der Waals surface area contributed by atoms with E-state index in [0.717, 1.165) is 44.1 Å². The van der Waals surface area contributed by atoms with Gasteiger partial charge in [-0.05, 0) is 78.8 Å². The van der Waals surface area contributed by atoms with Crippen LogP contribution in [0.15, 0.2) is 11.6 Å². The Kier molecular flexibility index (Phi) is 4.80. The second-order valence-electron chi connectivity index (χ2n) is 9.99. The zero-order chi connectivity index (χ0) is 20.3. The topological polar surface area (TPSA) is 80.7 Å². The lowest BCUT2D eigenvalue weighted by molar-refractivity contribution is -0.153. The van der Waals surface area contributed by atoms with Gasteiger partial charge in [0, 0.05) is 19.3 Å². The van der Waals surface area contributed by atoms with Crippen LogP contribution in [0.4, 0.5) is 0 Å². The molecule has 0 amide bonds. The van der Waals surface area contributed by atoms with Gasteiger partial charge in [-0.15, -0.1) is 0 Å². The fourth-order valence-electron chi connectivity index (χ4n) is 7.53. The van der Waals surface area contributed by atoms with E-state index in [-0.39, 0.29) is 47.0 Å². The van der Waals surface area contributed by atoms with Crippen molar-refractivity contribution in [2.45, 2.75) is 71.8 Å². The third kappa shape index (κ3) is 2.80. The molecule has 3 saturated carbocycles. The zero-order valence-corrected chi connectivity index (χ0v) is 17.2. The molecule has 0 aromatic heterocycles. The predicted octanol–water partition coefficient (Wildman–Crippen LogP) is 3.24. The molecule has 0 bridgehead atoms. The average Bonchev–Trinajstić information content (AvgIpc) is 2.99. The van der Waals surface area contributed by atoms with Crippen LogP contribution in [0, 0.1) is 34.5 Å². The Morgan fingerprint density at radius 3 is 2.61 bits per heavy atom. The van der Waals surface area contributed by atoms with Crippen molar-refractivity contribution in [2.75, 3.05) is 6.61 Å². The van der Waals surface area contributed by atoms with Gasteiger partial charge in [0.05, 0.1) is 0 Å². The van der Waals surface area contributed by atoms with Crippen molar-refractivity contribution in [3.05, 3.63) is 11.6 Å². The average molecular weight is 389 g/mol. The minimum Gasteiger partial charge on any atom is -0.458 e. The maximum absolute atomic E-state index is 12.4. The molecular weight excluding hydrogens is 356 g/mol. The van der Waals surface area contributed by atoms with E-state index in [4.69, 9.17) is 4.74 Å². The van der Waals surface area contributed by atoms with Gasteiger partial charge in [-0.25, -0.2) is 0 Å². The molecule has 0 aliphatic heterocycles. The zero-order valence-electron chi connectivity index (χ0n) is 17.2. The van der Waals surface area contributed by atoms with Gasteiger partial charge < -0.3 is 9.84 Å². The quantitative estimate of drug-likeness (QED) is 0.751.